The molecule has 2 heterocycles. The second kappa shape index (κ2) is 8.82. The van der Waals surface area contributed by atoms with Crippen molar-refractivity contribution in [2.24, 2.45) is 0 Å². The highest BCUT2D eigenvalue weighted by molar-refractivity contribution is 5.95. The van der Waals surface area contributed by atoms with Gasteiger partial charge in [-0.3, -0.25) is 9.59 Å². The summed E-state index contributed by atoms with van der Waals surface area (Å²) in [5, 5.41) is 0. The van der Waals surface area contributed by atoms with Crippen LogP contribution in [-0.4, -0.2) is 47.8 Å². The summed E-state index contributed by atoms with van der Waals surface area (Å²) in [6.07, 6.45) is 0. The normalized spacial score (nSPS) is 13.9. The van der Waals surface area contributed by atoms with Gasteiger partial charge in [-0.2, -0.15) is 0 Å². The van der Waals surface area contributed by atoms with Crippen molar-refractivity contribution in [1.29, 1.82) is 0 Å². The molecule has 0 spiro atoms. The van der Waals surface area contributed by atoms with Crippen LogP contribution < -0.4 is 4.74 Å². The van der Waals surface area contributed by atoms with E-state index in [1.807, 2.05) is 18.2 Å². The lowest BCUT2D eigenvalue weighted by Gasteiger charge is -2.34. The predicted molar refractivity (Wildman–Crippen MR) is 108 cm³/mol. The van der Waals surface area contributed by atoms with E-state index >= 15 is 0 Å². The quantitative estimate of drug-likeness (QED) is 0.647. The van der Waals surface area contributed by atoms with Crippen molar-refractivity contribution < 1.29 is 23.1 Å². The number of nitrogens with zero attached hydrogens (tertiary/aromatic N) is 2. The van der Waals surface area contributed by atoms with E-state index in [4.69, 9.17) is 9.15 Å². The lowest BCUT2D eigenvalue weighted by Crippen LogP contribution is -2.50. The van der Waals surface area contributed by atoms with Crippen LogP contribution in [0.15, 0.2) is 71.1 Å². The number of piperazine rings is 1. The molecule has 1 saturated heterocycles. The van der Waals surface area contributed by atoms with Gasteiger partial charge in [0.15, 0.2) is 5.76 Å². The van der Waals surface area contributed by atoms with E-state index in [1.165, 1.54) is 24.3 Å². The molecule has 0 bridgehead atoms. The summed E-state index contributed by atoms with van der Waals surface area (Å²) in [5.74, 6) is 0.672. The third-order valence-electron chi connectivity index (χ3n) is 4.94. The fourth-order valence-electron chi connectivity index (χ4n) is 3.29. The van der Waals surface area contributed by atoms with Crippen LogP contribution in [0.1, 0.15) is 26.7 Å². The van der Waals surface area contributed by atoms with Crippen molar-refractivity contribution in [3.8, 4) is 5.75 Å². The molecule has 0 saturated carbocycles. The first-order chi connectivity index (χ1) is 14.6. The van der Waals surface area contributed by atoms with Crippen LogP contribution in [0.3, 0.4) is 0 Å². The molecule has 7 heteroatoms. The van der Waals surface area contributed by atoms with Crippen molar-refractivity contribution in [3.05, 3.63) is 89.6 Å². The Hall–Kier alpha value is -3.61. The molecule has 30 heavy (non-hydrogen) atoms. The molecule has 3 aromatic rings. The molecule has 0 unspecified atom stereocenters. The Balaban J connectivity index is 1.30. The molecule has 0 atom stereocenters. The molecule has 0 radical (unpaired) electrons. The second-order valence-corrected chi connectivity index (χ2v) is 6.96. The summed E-state index contributed by atoms with van der Waals surface area (Å²) >= 11 is 0. The van der Waals surface area contributed by atoms with Crippen LogP contribution in [0.2, 0.25) is 0 Å². The van der Waals surface area contributed by atoms with Gasteiger partial charge < -0.3 is 19.0 Å². The van der Waals surface area contributed by atoms with E-state index < -0.39 is 0 Å². The number of carbonyl (C=O) groups is 2. The van der Waals surface area contributed by atoms with Gasteiger partial charge in [0.1, 0.15) is 23.9 Å². The molecule has 2 amide bonds. The Labute approximate surface area is 173 Å². The SMILES string of the molecule is O=C(c1ccccc1)N1CCN(C(=O)c2ccc(COc3ccc(F)cc3)o2)CC1. The predicted octanol–water partition coefficient (Wildman–Crippen LogP) is 3.60. The molecule has 0 aliphatic carbocycles. The molecule has 1 aliphatic rings. The largest absolute Gasteiger partial charge is 0.486 e. The monoisotopic (exact) mass is 408 g/mol. The molecule has 1 aliphatic heterocycles. The summed E-state index contributed by atoms with van der Waals surface area (Å²) < 4.78 is 24.1. The van der Waals surface area contributed by atoms with Crippen molar-refractivity contribution in [2.45, 2.75) is 6.61 Å². The summed E-state index contributed by atoms with van der Waals surface area (Å²) in [6, 6.07) is 18.1. The number of amides is 2. The number of benzene rings is 2. The van der Waals surface area contributed by atoms with E-state index in [9.17, 15) is 14.0 Å². The Morgan fingerprint density at radius 2 is 1.47 bits per heavy atom. The Morgan fingerprint density at radius 1 is 0.833 bits per heavy atom. The maximum absolute atomic E-state index is 12.9. The zero-order valence-electron chi connectivity index (χ0n) is 16.3. The van der Waals surface area contributed by atoms with Crippen LogP contribution in [0.25, 0.3) is 0 Å². The van der Waals surface area contributed by atoms with Gasteiger partial charge in [-0.05, 0) is 48.5 Å². The lowest BCUT2D eigenvalue weighted by atomic mass is 10.2. The molecular formula is C23H21FN2O4. The minimum atomic E-state index is -0.334. The number of halogens is 1. The van der Waals surface area contributed by atoms with Crippen molar-refractivity contribution in [2.75, 3.05) is 26.2 Å². The molecule has 6 nitrogen and oxygen atoms in total. The van der Waals surface area contributed by atoms with Gasteiger partial charge in [-0.1, -0.05) is 18.2 Å². The molecule has 1 fully saturated rings. The summed E-state index contributed by atoms with van der Waals surface area (Å²) in [7, 11) is 0. The van der Waals surface area contributed by atoms with E-state index in [0.717, 1.165) is 0 Å². The molecule has 4 rings (SSSR count). The van der Waals surface area contributed by atoms with Gasteiger partial charge in [-0.25, -0.2) is 4.39 Å². The Morgan fingerprint density at radius 3 is 2.13 bits per heavy atom. The summed E-state index contributed by atoms with van der Waals surface area (Å²) in [4.78, 5) is 28.7. The summed E-state index contributed by atoms with van der Waals surface area (Å²) in [5.41, 5.74) is 0.647. The third kappa shape index (κ3) is 4.51. The van der Waals surface area contributed by atoms with Gasteiger partial charge in [-0.15, -0.1) is 0 Å². The van der Waals surface area contributed by atoms with Crippen LogP contribution in [0, 0.1) is 5.82 Å². The van der Waals surface area contributed by atoms with E-state index in [0.29, 0.717) is 43.3 Å². The highest BCUT2D eigenvalue weighted by Crippen LogP contribution is 2.17. The first-order valence-electron chi connectivity index (χ1n) is 9.71. The molecule has 154 valence electrons. The number of carbonyl (C=O) groups excluding carboxylic acids is 2. The van der Waals surface area contributed by atoms with E-state index in [-0.39, 0.29) is 30.0 Å². The van der Waals surface area contributed by atoms with Gasteiger partial charge in [0.05, 0.1) is 0 Å². The van der Waals surface area contributed by atoms with Crippen molar-refractivity contribution in [1.82, 2.24) is 9.80 Å². The smallest absolute Gasteiger partial charge is 0.289 e. The molecule has 0 N–H and O–H groups in total. The first-order valence-corrected chi connectivity index (χ1v) is 9.71. The zero-order valence-corrected chi connectivity index (χ0v) is 16.3. The third-order valence-corrected chi connectivity index (χ3v) is 4.94. The fraction of sp³-hybridized carbons (Fsp3) is 0.217. The van der Waals surface area contributed by atoms with E-state index in [2.05, 4.69) is 0 Å². The number of hydrogen-bond donors (Lipinski definition) is 0. The average molecular weight is 408 g/mol. The molecule has 1 aromatic heterocycles. The topological polar surface area (TPSA) is 63.0 Å². The number of ether oxygens (including phenoxy) is 1. The Kier molecular flexibility index (Phi) is 5.79. The number of rotatable bonds is 5. The molecular weight excluding hydrogens is 387 g/mol. The maximum Gasteiger partial charge on any atom is 0.289 e. The highest BCUT2D eigenvalue weighted by atomic mass is 19.1. The van der Waals surface area contributed by atoms with Crippen LogP contribution in [0.4, 0.5) is 4.39 Å². The van der Waals surface area contributed by atoms with Crippen LogP contribution in [0.5, 0.6) is 5.75 Å². The zero-order chi connectivity index (χ0) is 20.9. The minimum absolute atomic E-state index is 0.0269. The maximum atomic E-state index is 12.9. The summed E-state index contributed by atoms with van der Waals surface area (Å²) in [6.45, 7) is 1.97. The van der Waals surface area contributed by atoms with Crippen molar-refractivity contribution in [3.63, 3.8) is 0 Å². The van der Waals surface area contributed by atoms with Gasteiger partial charge in [0.25, 0.3) is 11.8 Å². The fourth-order valence-corrected chi connectivity index (χ4v) is 3.29. The van der Waals surface area contributed by atoms with Crippen LogP contribution >= 0.6 is 0 Å². The van der Waals surface area contributed by atoms with Gasteiger partial charge >= 0.3 is 0 Å². The van der Waals surface area contributed by atoms with Crippen molar-refractivity contribution >= 4 is 11.8 Å². The lowest BCUT2D eigenvalue weighted by molar-refractivity contribution is 0.0516. The van der Waals surface area contributed by atoms with Crippen LogP contribution in [-0.2, 0) is 6.61 Å². The second-order valence-electron chi connectivity index (χ2n) is 6.96. The minimum Gasteiger partial charge on any atom is -0.486 e. The van der Waals surface area contributed by atoms with Gasteiger partial charge in [0.2, 0.25) is 0 Å². The number of furan rings is 1. The number of hydrogen-bond acceptors (Lipinski definition) is 4. The van der Waals surface area contributed by atoms with E-state index in [1.54, 1.807) is 34.1 Å². The first kappa shape index (κ1) is 19.7. The van der Waals surface area contributed by atoms with Gasteiger partial charge in [0, 0.05) is 31.7 Å². The molecule has 2 aromatic carbocycles. The highest BCUT2D eigenvalue weighted by Gasteiger charge is 2.27. The standard InChI is InChI=1S/C23H21FN2O4/c24-18-6-8-19(9-7-18)29-16-20-10-11-21(30-20)23(28)26-14-12-25(13-15-26)22(27)17-4-2-1-3-5-17/h1-11H,12-16H2. The Bertz CT molecular complexity index is 1010. The average Bonchev–Trinajstić information content (AvgIpc) is 3.27.